The van der Waals surface area contributed by atoms with E-state index in [1.54, 1.807) is 6.92 Å². The number of aliphatic hydroxyl groups excluding tert-OH is 1. The molecule has 1 heterocycles. The standard InChI is InChI=1S/C8H12N2O2.H3N/c1-5-8(12)7(2-9)6(4-11)3-10-5;/h3,11-12H,2,4,9H2,1H3;1H3. The summed E-state index contributed by atoms with van der Waals surface area (Å²) in [4.78, 5) is 3.89. The van der Waals surface area contributed by atoms with Gasteiger partial charge in [0, 0.05) is 23.9 Å². The van der Waals surface area contributed by atoms with Gasteiger partial charge in [-0.15, -0.1) is 0 Å². The third-order valence-corrected chi connectivity index (χ3v) is 1.80. The molecule has 1 aromatic rings. The molecule has 7 N–H and O–H groups in total. The van der Waals surface area contributed by atoms with Crippen LogP contribution in [-0.2, 0) is 13.2 Å². The number of rotatable bonds is 2. The van der Waals surface area contributed by atoms with Crippen LogP contribution in [0.3, 0.4) is 0 Å². The maximum Gasteiger partial charge on any atom is 0.141 e. The summed E-state index contributed by atoms with van der Waals surface area (Å²) in [6.45, 7) is 1.76. The molecular weight excluding hydrogens is 170 g/mol. The van der Waals surface area contributed by atoms with E-state index >= 15 is 0 Å². The average Bonchev–Trinajstić information content (AvgIpc) is 2.09. The minimum Gasteiger partial charge on any atom is -0.506 e. The van der Waals surface area contributed by atoms with Crippen molar-refractivity contribution in [1.29, 1.82) is 0 Å². The van der Waals surface area contributed by atoms with Crippen LogP contribution >= 0.6 is 0 Å². The molecule has 0 aromatic carbocycles. The Morgan fingerprint density at radius 1 is 1.54 bits per heavy atom. The Hall–Kier alpha value is -1.17. The van der Waals surface area contributed by atoms with Gasteiger partial charge >= 0.3 is 0 Å². The predicted molar refractivity (Wildman–Crippen MR) is 49.5 cm³/mol. The summed E-state index contributed by atoms with van der Waals surface area (Å²) >= 11 is 0. The van der Waals surface area contributed by atoms with Crippen molar-refractivity contribution in [3.63, 3.8) is 0 Å². The second-order valence-corrected chi connectivity index (χ2v) is 2.56. The molecule has 74 valence electrons. The van der Waals surface area contributed by atoms with Crippen LogP contribution in [0.25, 0.3) is 0 Å². The Morgan fingerprint density at radius 2 is 2.15 bits per heavy atom. The third-order valence-electron chi connectivity index (χ3n) is 1.80. The van der Waals surface area contributed by atoms with Crippen molar-refractivity contribution in [3.05, 3.63) is 23.0 Å². The molecule has 1 aromatic heterocycles. The van der Waals surface area contributed by atoms with Gasteiger partial charge < -0.3 is 22.1 Å². The molecule has 5 heteroatoms. The fraction of sp³-hybridized carbons (Fsp3) is 0.375. The first-order chi connectivity index (χ1) is 5.70. The van der Waals surface area contributed by atoms with Crippen molar-refractivity contribution < 1.29 is 10.2 Å². The van der Waals surface area contributed by atoms with Crippen LogP contribution in [0, 0.1) is 6.92 Å². The molecule has 0 unspecified atom stereocenters. The number of nitrogens with two attached hydrogens (primary N) is 1. The van der Waals surface area contributed by atoms with Gasteiger partial charge in [0.25, 0.3) is 0 Å². The van der Waals surface area contributed by atoms with Crippen molar-refractivity contribution in [2.45, 2.75) is 20.1 Å². The van der Waals surface area contributed by atoms with E-state index in [1.807, 2.05) is 0 Å². The highest BCUT2D eigenvalue weighted by Gasteiger charge is 2.08. The Bertz CT molecular complexity index is 289. The van der Waals surface area contributed by atoms with Crippen molar-refractivity contribution in [1.82, 2.24) is 11.1 Å². The van der Waals surface area contributed by atoms with E-state index in [1.165, 1.54) is 6.20 Å². The number of aryl methyl sites for hydroxylation is 1. The molecule has 1 rings (SSSR count). The molecule has 0 atom stereocenters. The van der Waals surface area contributed by atoms with Gasteiger partial charge in [0.05, 0.1) is 12.3 Å². The zero-order valence-corrected chi connectivity index (χ0v) is 7.62. The van der Waals surface area contributed by atoms with Crippen LogP contribution in [-0.4, -0.2) is 15.2 Å². The lowest BCUT2D eigenvalue weighted by Gasteiger charge is -2.08. The first-order valence-corrected chi connectivity index (χ1v) is 3.68. The van der Waals surface area contributed by atoms with Gasteiger partial charge in [0.15, 0.2) is 0 Å². The van der Waals surface area contributed by atoms with E-state index in [4.69, 9.17) is 10.8 Å². The number of hydrogen-bond donors (Lipinski definition) is 4. The predicted octanol–water partition coefficient (Wildman–Crippen LogP) is 0.209. The summed E-state index contributed by atoms with van der Waals surface area (Å²) < 4.78 is 0. The number of aromatic nitrogens is 1. The molecule has 0 saturated carbocycles. The SMILES string of the molecule is Cc1ncc(CO)c(CN)c1O.N. The lowest BCUT2D eigenvalue weighted by molar-refractivity contribution is 0.279. The van der Waals surface area contributed by atoms with Gasteiger partial charge in [-0.2, -0.15) is 0 Å². The molecule has 0 spiro atoms. The maximum atomic E-state index is 9.46. The van der Waals surface area contributed by atoms with Gasteiger partial charge in [-0.25, -0.2) is 0 Å². The number of aromatic hydroxyl groups is 1. The van der Waals surface area contributed by atoms with Crippen molar-refractivity contribution in [2.24, 2.45) is 5.73 Å². The minimum absolute atomic E-state index is 0. The Labute approximate surface area is 76.8 Å². The summed E-state index contributed by atoms with van der Waals surface area (Å²) in [6.07, 6.45) is 1.53. The van der Waals surface area contributed by atoms with Crippen molar-refractivity contribution in [2.75, 3.05) is 0 Å². The van der Waals surface area contributed by atoms with Crippen LogP contribution < -0.4 is 11.9 Å². The molecule has 13 heavy (non-hydrogen) atoms. The smallest absolute Gasteiger partial charge is 0.141 e. The van der Waals surface area contributed by atoms with Gasteiger partial charge in [-0.3, -0.25) is 4.98 Å². The lowest BCUT2D eigenvalue weighted by atomic mass is 10.1. The van der Waals surface area contributed by atoms with Gasteiger partial charge in [0.1, 0.15) is 5.75 Å². The largest absolute Gasteiger partial charge is 0.506 e. The molecule has 0 aliphatic rings. The van der Waals surface area contributed by atoms with Gasteiger partial charge in [-0.05, 0) is 6.92 Å². The van der Waals surface area contributed by atoms with Crippen LogP contribution in [0.4, 0.5) is 0 Å². The Kier molecular flexibility index (Phi) is 4.33. The van der Waals surface area contributed by atoms with E-state index < -0.39 is 0 Å². The highest BCUT2D eigenvalue weighted by atomic mass is 16.3. The Balaban J connectivity index is 0.00000144. The van der Waals surface area contributed by atoms with E-state index in [-0.39, 0.29) is 25.1 Å². The number of hydrogen-bond acceptors (Lipinski definition) is 5. The van der Waals surface area contributed by atoms with Crippen LogP contribution in [0.1, 0.15) is 16.8 Å². The zero-order chi connectivity index (χ0) is 9.14. The number of pyridine rings is 1. The second kappa shape index (κ2) is 4.76. The average molecular weight is 185 g/mol. The van der Waals surface area contributed by atoms with E-state index in [9.17, 15) is 5.11 Å². The fourth-order valence-electron chi connectivity index (χ4n) is 1.05. The number of nitrogens with zero attached hydrogens (tertiary/aromatic N) is 1. The number of aliphatic hydroxyl groups is 1. The summed E-state index contributed by atoms with van der Waals surface area (Å²) in [5.74, 6) is 0.0871. The molecule has 0 bridgehead atoms. The first-order valence-electron chi connectivity index (χ1n) is 3.68. The molecule has 5 nitrogen and oxygen atoms in total. The molecule has 0 radical (unpaired) electrons. The molecule has 0 amide bonds. The quantitative estimate of drug-likeness (QED) is 0.525. The van der Waals surface area contributed by atoms with Crippen LogP contribution in [0.15, 0.2) is 6.20 Å². The molecule has 0 aliphatic carbocycles. The summed E-state index contributed by atoms with van der Waals surface area (Å²) in [6, 6.07) is 0. The highest BCUT2D eigenvalue weighted by Crippen LogP contribution is 2.22. The third kappa shape index (κ3) is 2.15. The normalized spacial score (nSPS) is 9.46. The second-order valence-electron chi connectivity index (χ2n) is 2.56. The molecule has 0 saturated heterocycles. The van der Waals surface area contributed by atoms with Crippen LogP contribution in [0.2, 0.25) is 0 Å². The van der Waals surface area contributed by atoms with E-state index in [2.05, 4.69) is 4.98 Å². The van der Waals surface area contributed by atoms with Crippen LogP contribution in [0.5, 0.6) is 5.75 Å². The summed E-state index contributed by atoms with van der Waals surface area (Å²) in [7, 11) is 0. The van der Waals surface area contributed by atoms with Gasteiger partial charge in [0.2, 0.25) is 0 Å². The molecule has 0 aliphatic heterocycles. The fourth-order valence-corrected chi connectivity index (χ4v) is 1.05. The zero-order valence-electron chi connectivity index (χ0n) is 7.62. The highest BCUT2D eigenvalue weighted by molar-refractivity contribution is 5.40. The minimum atomic E-state index is -0.145. The topological polar surface area (TPSA) is 114 Å². The molecular formula is C8H15N3O2. The monoisotopic (exact) mass is 185 g/mol. The molecule has 0 fully saturated rings. The Morgan fingerprint density at radius 3 is 2.62 bits per heavy atom. The lowest BCUT2D eigenvalue weighted by Crippen LogP contribution is -2.04. The van der Waals surface area contributed by atoms with E-state index in [0.29, 0.717) is 16.8 Å². The van der Waals surface area contributed by atoms with E-state index in [0.717, 1.165) is 0 Å². The summed E-state index contributed by atoms with van der Waals surface area (Å²) in [5.41, 5.74) is 7.09. The first kappa shape index (κ1) is 11.8. The van der Waals surface area contributed by atoms with Crippen molar-refractivity contribution in [3.8, 4) is 5.75 Å². The maximum absolute atomic E-state index is 9.46. The van der Waals surface area contributed by atoms with Crippen molar-refractivity contribution >= 4 is 0 Å². The summed E-state index contributed by atoms with van der Waals surface area (Å²) in [5, 5.41) is 18.3. The van der Waals surface area contributed by atoms with Gasteiger partial charge in [-0.1, -0.05) is 0 Å².